The number of nitrogen functional groups attached to an aromatic ring is 1. The lowest BCUT2D eigenvalue weighted by molar-refractivity contribution is 0.377. The van der Waals surface area contributed by atoms with Crippen LogP contribution in [0.5, 0.6) is 6.01 Å². The minimum Gasteiger partial charge on any atom is -0.467 e. The van der Waals surface area contributed by atoms with Crippen LogP contribution in [0.1, 0.15) is 11.6 Å². The number of rotatable bonds is 3. The summed E-state index contributed by atoms with van der Waals surface area (Å²) < 4.78 is 6.81. The van der Waals surface area contributed by atoms with E-state index in [1.807, 2.05) is 17.8 Å². The summed E-state index contributed by atoms with van der Waals surface area (Å²) in [7, 11) is 3.39. The van der Waals surface area contributed by atoms with Crippen molar-refractivity contribution in [3.8, 4) is 6.01 Å². The van der Waals surface area contributed by atoms with Crippen molar-refractivity contribution in [3.63, 3.8) is 0 Å². The molecule has 0 unspecified atom stereocenters. The minimum absolute atomic E-state index is 0.149. The van der Waals surface area contributed by atoms with Crippen molar-refractivity contribution in [2.45, 2.75) is 6.42 Å². The zero-order chi connectivity index (χ0) is 11.5. The molecular weight excluding hydrogens is 208 g/mol. The van der Waals surface area contributed by atoms with Gasteiger partial charge in [-0.2, -0.15) is 15.0 Å². The number of anilines is 1. The van der Waals surface area contributed by atoms with Crippen LogP contribution in [-0.2, 0) is 13.5 Å². The van der Waals surface area contributed by atoms with Crippen molar-refractivity contribution >= 4 is 5.95 Å². The maximum absolute atomic E-state index is 5.53. The second-order valence-electron chi connectivity index (χ2n) is 3.23. The summed E-state index contributed by atoms with van der Waals surface area (Å²) in [6.45, 7) is 0. The highest BCUT2D eigenvalue weighted by molar-refractivity contribution is 5.19. The lowest BCUT2D eigenvalue weighted by atomic mass is 10.4. The predicted molar refractivity (Wildman–Crippen MR) is 56.8 cm³/mol. The number of methoxy groups -OCH3 is 1. The van der Waals surface area contributed by atoms with Crippen LogP contribution in [0.4, 0.5) is 5.95 Å². The number of nitrogens with two attached hydrogens (primary N) is 1. The molecule has 0 bridgehead atoms. The number of imidazole rings is 1. The van der Waals surface area contributed by atoms with Crippen molar-refractivity contribution in [1.82, 2.24) is 24.5 Å². The molecule has 7 nitrogen and oxygen atoms in total. The molecule has 0 aliphatic rings. The Morgan fingerprint density at radius 2 is 2.19 bits per heavy atom. The third kappa shape index (κ3) is 2.08. The van der Waals surface area contributed by atoms with Crippen LogP contribution >= 0.6 is 0 Å². The van der Waals surface area contributed by atoms with Crippen molar-refractivity contribution in [2.24, 2.45) is 7.05 Å². The predicted octanol–water partition coefficient (Wildman–Crippen LogP) is -0.213. The molecule has 0 aliphatic heterocycles. The van der Waals surface area contributed by atoms with Gasteiger partial charge in [-0.3, -0.25) is 0 Å². The first-order valence-corrected chi connectivity index (χ1v) is 4.69. The van der Waals surface area contributed by atoms with Gasteiger partial charge in [0.1, 0.15) is 11.6 Å². The molecule has 0 saturated heterocycles. The van der Waals surface area contributed by atoms with Gasteiger partial charge in [-0.25, -0.2) is 4.98 Å². The first-order valence-electron chi connectivity index (χ1n) is 4.69. The zero-order valence-corrected chi connectivity index (χ0v) is 9.08. The van der Waals surface area contributed by atoms with E-state index in [2.05, 4.69) is 19.9 Å². The maximum Gasteiger partial charge on any atom is 0.321 e. The Morgan fingerprint density at radius 1 is 1.38 bits per heavy atom. The molecule has 0 atom stereocenters. The fraction of sp³-hybridized carbons (Fsp3) is 0.333. The highest BCUT2D eigenvalue weighted by Crippen LogP contribution is 2.08. The van der Waals surface area contributed by atoms with Gasteiger partial charge >= 0.3 is 6.01 Å². The number of aryl methyl sites for hydroxylation is 1. The van der Waals surface area contributed by atoms with Crippen molar-refractivity contribution < 1.29 is 4.74 Å². The Kier molecular flexibility index (Phi) is 2.67. The molecule has 16 heavy (non-hydrogen) atoms. The molecule has 0 aromatic carbocycles. The summed E-state index contributed by atoms with van der Waals surface area (Å²) in [6, 6.07) is 0.219. The summed E-state index contributed by atoms with van der Waals surface area (Å²) in [5, 5.41) is 0. The van der Waals surface area contributed by atoms with Crippen molar-refractivity contribution in [2.75, 3.05) is 12.8 Å². The average molecular weight is 220 g/mol. The van der Waals surface area contributed by atoms with Crippen LogP contribution in [0.15, 0.2) is 12.4 Å². The molecule has 84 valence electrons. The van der Waals surface area contributed by atoms with Gasteiger partial charge < -0.3 is 15.0 Å². The van der Waals surface area contributed by atoms with Crippen LogP contribution < -0.4 is 10.5 Å². The normalized spacial score (nSPS) is 10.4. The molecule has 2 aromatic rings. The monoisotopic (exact) mass is 220 g/mol. The standard InChI is InChI=1S/C9H12N6O/c1-15-4-3-11-7(15)5-6-12-8(10)14-9(13-6)16-2/h3-4H,5H2,1-2H3,(H2,10,12,13,14). The number of aromatic nitrogens is 5. The van der Waals surface area contributed by atoms with Crippen LogP contribution in [0, 0.1) is 0 Å². The van der Waals surface area contributed by atoms with E-state index in [0.29, 0.717) is 12.2 Å². The lowest BCUT2D eigenvalue weighted by Gasteiger charge is -2.03. The molecule has 2 aromatic heterocycles. The van der Waals surface area contributed by atoms with Gasteiger partial charge in [0, 0.05) is 19.4 Å². The first-order chi connectivity index (χ1) is 7.69. The summed E-state index contributed by atoms with van der Waals surface area (Å²) in [5.41, 5.74) is 5.53. The molecular formula is C9H12N6O. The molecule has 7 heteroatoms. The number of ether oxygens (including phenoxy) is 1. The van der Waals surface area contributed by atoms with E-state index in [4.69, 9.17) is 10.5 Å². The molecule has 0 aliphatic carbocycles. The maximum atomic E-state index is 5.53. The fourth-order valence-corrected chi connectivity index (χ4v) is 1.29. The molecule has 2 N–H and O–H groups in total. The highest BCUT2D eigenvalue weighted by Gasteiger charge is 2.08. The lowest BCUT2D eigenvalue weighted by Crippen LogP contribution is -2.08. The Labute approximate surface area is 92.3 Å². The topological polar surface area (TPSA) is 91.7 Å². The first kappa shape index (κ1) is 10.3. The second kappa shape index (κ2) is 4.13. The van der Waals surface area contributed by atoms with E-state index in [9.17, 15) is 0 Å². The molecule has 2 rings (SSSR count). The average Bonchev–Trinajstić information content (AvgIpc) is 2.63. The fourth-order valence-electron chi connectivity index (χ4n) is 1.29. The van der Waals surface area contributed by atoms with Crippen LogP contribution in [0.25, 0.3) is 0 Å². The van der Waals surface area contributed by atoms with E-state index in [1.54, 1.807) is 6.20 Å². The van der Waals surface area contributed by atoms with Crippen LogP contribution in [0.3, 0.4) is 0 Å². The second-order valence-corrected chi connectivity index (χ2v) is 3.23. The smallest absolute Gasteiger partial charge is 0.321 e. The Morgan fingerprint density at radius 3 is 2.81 bits per heavy atom. The SMILES string of the molecule is COc1nc(N)nc(Cc2nccn2C)n1. The number of hydrogen-bond donors (Lipinski definition) is 1. The van der Waals surface area contributed by atoms with Gasteiger partial charge in [-0.05, 0) is 0 Å². The van der Waals surface area contributed by atoms with Gasteiger partial charge in [-0.15, -0.1) is 0 Å². The summed E-state index contributed by atoms with van der Waals surface area (Å²) in [6.07, 6.45) is 4.07. The van der Waals surface area contributed by atoms with E-state index in [0.717, 1.165) is 5.82 Å². The summed E-state index contributed by atoms with van der Waals surface area (Å²) in [4.78, 5) is 16.1. The Bertz CT molecular complexity index is 494. The largest absolute Gasteiger partial charge is 0.467 e. The van der Waals surface area contributed by atoms with E-state index < -0.39 is 0 Å². The summed E-state index contributed by atoms with van der Waals surface area (Å²) >= 11 is 0. The van der Waals surface area contributed by atoms with Crippen LogP contribution in [-0.4, -0.2) is 31.6 Å². The Balaban J connectivity index is 2.28. The van der Waals surface area contributed by atoms with Gasteiger partial charge in [0.25, 0.3) is 0 Å². The van der Waals surface area contributed by atoms with E-state index in [1.165, 1.54) is 7.11 Å². The minimum atomic E-state index is 0.149. The molecule has 0 amide bonds. The molecule has 0 fully saturated rings. The van der Waals surface area contributed by atoms with Gasteiger partial charge in [0.15, 0.2) is 0 Å². The molecule has 2 heterocycles. The van der Waals surface area contributed by atoms with E-state index >= 15 is 0 Å². The van der Waals surface area contributed by atoms with Gasteiger partial charge in [-0.1, -0.05) is 0 Å². The summed E-state index contributed by atoms with van der Waals surface area (Å²) in [5.74, 6) is 1.54. The van der Waals surface area contributed by atoms with Gasteiger partial charge in [0.2, 0.25) is 5.95 Å². The quantitative estimate of drug-likeness (QED) is 0.769. The Hall–Kier alpha value is -2.18. The van der Waals surface area contributed by atoms with Gasteiger partial charge in [0.05, 0.1) is 13.5 Å². The van der Waals surface area contributed by atoms with Crippen molar-refractivity contribution in [3.05, 3.63) is 24.0 Å². The zero-order valence-electron chi connectivity index (χ0n) is 9.08. The molecule has 0 radical (unpaired) electrons. The molecule has 0 saturated carbocycles. The third-order valence-corrected chi connectivity index (χ3v) is 2.10. The highest BCUT2D eigenvalue weighted by atomic mass is 16.5. The van der Waals surface area contributed by atoms with Crippen LogP contribution in [0.2, 0.25) is 0 Å². The van der Waals surface area contributed by atoms with E-state index in [-0.39, 0.29) is 12.0 Å². The number of nitrogens with zero attached hydrogens (tertiary/aromatic N) is 5. The number of hydrogen-bond acceptors (Lipinski definition) is 6. The molecule has 0 spiro atoms. The van der Waals surface area contributed by atoms with Crippen molar-refractivity contribution in [1.29, 1.82) is 0 Å². The third-order valence-electron chi connectivity index (χ3n) is 2.10.